The van der Waals surface area contributed by atoms with Gasteiger partial charge in [0.05, 0.1) is 11.6 Å². The molecule has 0 spiro atoms. The summed E-state index contributed by atoms with van der Waals surface area (Å²) < 4.78 is 44.0. The molecule has 2 unspecified atom stereocenters. The monoisotopic (exact) mass is 374 g/mol. The molecule has 25 heavy (non-hydrogen) atoms. The minimum atomic E-state index is -4.52. The largest absolute Gasteiger partial charge is 0.464 e. The minimum absolute atomic E-state index is 0.171. The summed E-state index contributed by atoms with van der Waals surface area (Å²) in [5.74, 6) is -1.00. The number of hydrogen-bond donors (Lipinski definition) is 1. The Morgan fingerprint density at radius 1 is 1.40 bits per heavy atom. The Labute approximate surface area is 147 Å². The Morgan fingerprint density at radius 3 is 2.76 bits per heavy atom. The molecule has 0 bridgehead atoms. The molecular formula is C16H17F3N2O3S. The number of esters is 1. The number of amides is 2. The van der Waals surface area contributed by atoms with E-state index in [4.69, 9.17) is 4.74 Å². The number of nitrogens with one attached hydrogen (secondary N) is 1. The van der Waals surface area contributed by atoms with E-state index in [9.17, 15) is 22.8 Å². The van der Waals surface area contributed by atoms with E-state index in [0.29, 0.717) is 5.75 Å². The lowest BCUT2D eigenvalue weighted by atomic mass is 9.87. The molecule has 1 heterocycles. The van der Waals surface area contributed by atoms with Crippen molar-refractivity contribution in [1.82, 2.24) is 5.32 Å². The fraction of sp³-hybridized carbons (Fsp3) is 0.438. The summed E-state index contributed by atoms with van der Waals surface area (Å²) in [6, 6.07) is 2.86. The van der Waals surface area contributed by atoms with Crippen LogP contribution in [-0.4, -0.2) is 36.3 Å². The molecule has 2 amide bonds. The highest BCUT2D eigenvalue weighted by molar-refractivity contribution is 7.98. The standard InChI is InChI=1S/C16H17F3N2O3S/c1-9-12(14(22)24-6-7-25-2)13(21-15(23)20-9)10-4-3-5-11(8-10)16(17,18)19/h3-5,8,12-13H,6-7H2,1-2H3,(H,21,23). The zero-order valence-electron chi connectivity index (χ0n) is 13.6. The maximum absolute atomic E-state index is 12.9. The van der Waals surface area contributed by atoms with E-state index >= 15 is 0 Å². The molecule has 1 aromatic carbocycles. The number of thioether (sulfide) groups is 1. The second-order valence-electron chi connectivity index (χ2n) is 5.44. The van der Waals surface area contributed by atoms with Crippen LogP contribution in [0.3, 0.4) is 0 Å². The van der Waals surface area contributed by atoms with Gasteiger partial charge in [0.2, 0.25) is 0 Å². The van der Waals surface area contributed by atoms with Crippen LogP contribution in [-0.2, 0) is 15.7 Å². The molecule has 0 radical (unpaired) electrons. The quantitative estimate of drug-likeness (QED) is 0.633. The molecule has 0 fully saturated rings. The van der Waals surface area contributed by atoms with Crippen molar-refractivity contribution in [3.63, 3.8) is 0 Å². The van der Waals surface area contributed by atoms with Crippen LogP contribution in [0.15, 0.2) is 29.3 Å². The molecule has 0 aromatic heterocycles. The first kappa shape index (κ1) is 19.3. The van der Waals surface area contributed by atoms with Gasteiger partial charge in [0.25, 0.3) is 0 Å². The smallest absolute Gasteiger partial charge is 0.416 e. The van der Waals surface area contributed by atoms with Crippen molar-refractivity contribution in [3.8, 4) is 0 Å². The van der Waals surface area contributed by atoms with E-state index in [-0.39, 0.29) is 17.9 Å². The van der Waals surface area contributed by atoms with Crippen LogP contribution in [0.5, 0.6) is 0 Å². The fourth-order valence-electron chi connectivity index (χ4n) is 2.53. The second kappa shape index (κ2) is 7.90. The normalized spacial score (nSPS) is 20.7. The van der Waals surface area contributed by atoms with Crippen molar-refractivity contribution in [2.75, 3.05) is 18.6 Å². The topological polar surface area (TPSA) is 67.8 Å². The maximum atomic E-state index is 12.9. The average molecular weight is 374 g/mol. The van der Waals surface area contributed by atoms with Crippen molar-refractivity contribution in [2.24, 2.45) is 10.9 Å². The van der Waals surface area contributed by atoms with Crippen LogP contribution >= 0.6 is 11.8 Å². The molecule has 2 rings (SSSR count). The van der Waals surface area contributed by atoms with Gasteiger partial charge in [-0.05, 0) is 30.9 Å². The van der Waals surface area contributed by atoms with E-state index in [2.05, 4.69) is 10.3 Å². The summed E-state index contributed by atoms with van der Waals surface area (Å²) in [4.78, 5) is 27.8. The van der Waals surface area contributed by atoms with Crippen LogP contribution in [0.1, 0.15) is 24.1 Å². The molecular weight excluding hydrogens is 357 g/mol. The lowest BCUT2D eigenvalue weighted by Crippen LogP contribution is -2.44. The molecule has 5 nitrogen and oxygen atoms in total. The van der Waals surface area contributed by atoms with Crippen molar-refractivity contribution in [3.05, 3.63) is 35.4 Å². The number of aliphatic imine (C=N–C) groups is 1. The Morgan fingerprint density at radius 2 is 2.12 bits per heavy atom. The number of halogens is 3. The SMILES string of the molecule is CSCCOC(=O)C1C(C)=NC(=O)NC1c1cccc(C(F)(F)F)c1. The van der Waals surface area contributed by atoms with Gasteiger partial charge in [0.1, 0.15) is 12.5 Å². The van der Waals surface area contributed by atoms with Gasteiger partial charge < -0.3 is 10.1 Å². The maximum Gasteiger partial charge on any atom is 0.416 e. The summed E-state index contributed by atoms with van der Waals surface area (Å²) in [5.41, 5.74) is -0.474. The lowest BCUT2D eigenvalue weighted by Gasteiger charge is -2.30. The highest BCUT2D eigenvalue weighted by Gasteiger charge is 2.39. The van der Waals surface area contributed by atoms with Gasteiger partial charge in [-0.15, -0.1) is 0 Å². The number of ether oxygens (including phenoxy) is 1. The molecule has 1 aromatic rings. The molecule has 0 saturated heterocycles. The van der Waals surface area contributed by atoms with Gasteiger partial charge in [-0.3, -0.25) is 4.79 Å². The zero-order valence-corrected chi connectivity index (χ0v) is 14.4. The molecule has 1 N–H and O–H groups in total. The van der Waals surface area contributed by atoms with Gasteiger partial charge in [0.15, 0.2) is 0 Å². The third-order valence-electron chi connectivity index (χ3n) is 3.70. The van der Waals surface area contributed by atoms with Crippen molar-refractivity contribution in [1.29, 1.82) is 0 Å². The molecule has 1 aliphatic rings. The number of benzene rings is 1. The predicted molar refractivity (Wildman–Crippen MR) is 88.7 cm³/mol. The Kier molecular flexibility index (Phi) is 6.10. The third-order valence-corrected chi connectivity index (χ3v) is 4.27. The minimum Gasteiger partial charge on any atom is -0.464 e. The highest BCUT2D eigenvalue weighted by Crippen LogP contribution is 2.34. The van der Waals surface area contributed by atoms with Crippen molar-refractivity contribution >= 4 is 29.5 Å². The first-order valence-electron chi connectivity index (χ1n) is 7.42. The Balaban J connectivity index is 2.34. The second-order valence-corrected chi connectivity index (χ2v) is 6.43. The summed E-state index contributed by atoms with van der Waals surface area (Å²) in [7, 11) is 0. The molecule has 9 heteroatoms. The van der Waals surface area contributed by atoms with Gasteiger partial charge >= 0.3 is 18.2 Å². The van der Waals surface area contributed by atoms with Gasteiger partial charge in [0, 0.05) is 11.5 Å². The molecule has 2 atom stereocenters. The summed E-state index contributed by atoms with van der Waals surface area (Å²) in [5, 5.41) is 2.46. The first-order chi connectivity index (χ1) is 11.7. The van der Waals surface area contributed by atoms with Gasteiger partial charge in [-0.1, -0.05) is 12.1 Å². The van der Waals surface area contributed by atoms with Crippen LogP contribution in [0.2, 0.25) is 0 Å². The van der Waals surface area contributed by atoms with E-state index in [0.717, 1.165) is 12.1 Å². The van der Waals surface area contributed by atoms with Crippen LogP contribution in [0, 0.1) is 5.92 Å². The van der Waals surface area contributed by atoms with Gasteiger partial charge in [-0.2, -0.15) is 24.9 Å². The number of rotatable bonds is 5. The van der Waals surface area contributed by atoms with E-state index in [1.54, 1.807) is 0 Å². The Hall–Kier alpha value is -2.03. The summed E-state index contributed by atoms with van der Waals surface area (Å²) >= 11 is 1.49. The van der Waals surface area contributed by atoms with Crippen molar-refractivity contribution < 1.29 is 27.5 Å². The molecule has 136 valence electrons. The lowest BCUT2D eigenvalue weighted by molar-refractivity contribution is -0.146. The first-order valence-corrected chi connectivity index (χ1v) is 8.82. The average Bonchev–Trinajstić information content (AvgIpc) is 2.53. The number of carbonyl (C=O) groups excluding carboxylic acids is 2. The summed E-state index contributed by atoms with van der Waals surface area (Å²) in [6.45, 7) is 1.66. The predicted octanol–water partition coefficient (Wildman–Crippen LogP) is 3.45. The summed E-state index contributed by atoms with van der Waals surface area (Å²) in [6.07, 6.45) is -2.67. The number of carbonyl (C=O) groups is 2. The molecule has 0 saturated carbocycles. The zero-order chi connectivity index (χ0) is 18.6. The van der Waals surface area contributed by atoms with Crippen LogP contribution in [0.25, 0.3) is 0 Å². The molecule has 1 aliphatic heterocycles. The molecule has 0 aliphatic carbocycles. The number of alkyl halides is 3. The fourth-order valence-corrected chi connectivity index (χ4v) is 2.78. The number of hydrogen-bond acceptors (Lipinski definition) is 4. The highest BCUT2D eigenvalue weighted by atomic mass is 32.2. The number of nitrogens with zero attached hydrogens (tertiary/aromatic N) is 1. The van der Waals surface area contributed by atoms with E-state index in [1.807, 2.05) is 6.26 Å². The van der Waals surface area contributed by atoms with Crippen LogP contribution in [0.4, 0.5) is 18.0 Å². The third kappa shape index (κ3) is 4.75. The Bertz CT molecular complexity index is 691. The van der Waals surface area contributed by atoms with Crippen molar-refractivity contribution in [2.45, 2.75) is 19.1 Å². The van der Waals surface area contributed by atoms with E-state index in [1.165, 1.54) is 30.8 Å². The van der Waals surface area contributed by atoms with Gasteiger partial charge in [-0.25, -0.2) is 9.79 Å². The van der Waals surface area contributed by atoms with Crippen LogP contribution < -0.4 is 5.32 Å². The number of urea groups is 1. The van der Waals surface area contributed by atoms with E-state index < -0.39 is 35.7 Å².